The van der Waals surface area contributed by atoms with Gasteiger partial charge in [-0.3, -0.25) is 4.79 Å². The molecule has 88 valence electrons. The van der Waals surface area contributed by atoms with Gasteiger partial charge in [-0.15, -0.1) is 11.3 Å². The summed E-state index contributed by atoms with van der Waals surface area (Å²) >= 11 is 1.67. The fraction of sp³-hybridized carbons (Fsp3) is 0.583. The van der Waals surface area contributed by atoms with Crippen molar-refractivity contribution < 1.29 is 9.53 Å². The van der Waals surface area contributed by atoms with E-state index >= 15 is 0 Å². The van der Waals surface area contributed by atoms with Gasteiger partial charge in [0.2, 0.25) is 0 Å². The molecule has 3 nitrogen and oxygen atoms in total. The minimum absolute atomic E-state index is 0.0319. The second-order valence-electron chi connectivity index (χ2n) is 4.34. The summed E-state index contributed by atoms with van der Waals surface area (Å²) in [6.07, 6.45) is 2.25. The zero-order chi connectivity index (χ0) is 11.7. The molecule has 0 fully saturated rings. The molecule has 0 saturated heterocycles. The van der Waals surface area contributed by atoms with Crippen LogP contribution >= 0.6 is 11.3 Å². The number of thiophene rings is 1. The Morgan fingerprint density at radius 2 is 2.38 bits per heavy atom. The lowest BCUT2D eigenvalue weighted by atomic mass is 10.0. The molecule has 1 amide bonds. The molecule has 1 unspecified atom stereocenters. The largest absolute Gasteiger partial charge is 0.481 e. The Morgan fingerprint density at radius 1 is 1.62 bits per heavy atom. The summed E-state index contributed by atoms with van der Waals surface area (Å²) in [5.74, 6) is 1.58. The van der Waals surface area contributed by atoms with Gasteiger partial charge >= 0.3 is 0 Å². The molecular formula is C12H17NO2S. The first-order valence-corrected chi connectivity index (χ1v) is 6.45. The van der Waals surface area contributed by atoms with Gasteiger partial charge in [-0.25, -0.2) is 0 Å². The number of hydrogen-bond donors (Lipinski definition) is 0. The van der Waals surface area contributed by atoms with Crippen LogP contribution in [-0.2, 0) is 11.2 Å². The molecule has 1 aromatic heterocycles. The van der Waals surface area contributed by atoms with E-state index in [-0.39, 0.29) is 12.5 Å². The maximum atomic E-state index is 11.5. The number of rotatable bonds is 3. The van der Waals surface area contributed by atoms with Crippen LogP contribution in [0.2, 0.25) is 0 Å². The molecule has 4 heteroatoms. The highest BCUT2D eigenvalue weighted by Gasteiger charge is 2.25. The Hall–Kier alpha value is -1.03. The van der Waals surface area contributed by atoms with Crippen LogP contribution < -0.4 is 9.64 Å². The van der Waals surface area contributed by atoms with Crippen LogP contribution in [0.15, 0.2) is 6.07 Å². The van der Waals surface area contributed by atoms with E-state index in [1.807, 2.05) is 7.05 Å². The van der Waals surface area contributed by atoms with Crippen LogP contribution in [0.3, 0.4) is 0 Å². The lowest BCUT2D eigenvalue weighted by Crippen LogP contribution is -2.34. The SMILES string of the molecule is CCC(C)Cc1cc2c(s1)N(C)C(=O)CO2. The highest BCUT2D eigenvalue weighted by molar-refractivity contribution is 7.16. The fourth-order valence-electron chi connectivity index (χ4n) is 1.69. The van der Waals surface area contributed by atoms with Gasteiger partial charge in [0.15, 0.2) is 12.4 Å². The number of carbonyl (C=O) groups is 1. The number of fused-ring (bicyclic) bond motifs is 1. The van der Waals surface area contributed by atoms with Crippen LogP contribution in [0.25, 0.3) is 0 Å². The molecule has 0 radical (unpaired) electrons. The third kappa shape index (κ3) is 2.07. The van der Waals surface area contributed by atoms with Crippen molar-refractivity contribution in [2.75, 3.05) is 18.6 Å². The lowest BCUT2D eigenvalue weighted by Gasteiger charge is -2.22. The van der Waals surface area contributed by atoms with Gasteiger partial charge in [0, 0.05) is 11.9 Å². The molecule has 0 saturated carbocycles. The van der Waals surface area contributed by atoms with Crippen molar-refractivity contribution in [3.8, 4) is 5.75 Å². The molecule has 0 bridgehead atoms. The number of ether oxygens (including phenoxy) is 1. The Balaban J connectivity index is 2.20. The van der Waals surface area contributed by atoms with Crippen molar-refractivity contribution in [3.63, 3.8) is 0 Å². The van der Waals surface area contributed by atoms with E-state index in [1.165, 1.54) is 11.3 Å². The summed E-state index contributed by atoms with van der Waals surface area (Å²) in [6.45, 7) is 4.61. The number of anilines is 1. The number of carbonyl (C=O) groups excluding carboxylic acids is 1. The van der Waals surface area contributed by atoms with Crippen LogP contribution in [0.4, 0.5) is 5.00 Å². The number of nitrogens with zero attached hydrogens (tertiary/aromatic N) is 1. The van der Waals surface area contributed by atoms with Crippen molar-refractivity contribution >= 4 is 22.2 Å². The minimum atomic E-state index is 0.0319. The minimum Gasteiger partial charge on any atom is -0.481 e. The van der Waals surface area contributed by atoms with Crippen molar-refractivity contribution in [1.82, 2.24) is 0 Å². The summed E-state index contributed by atoms with van der Waals surface area (Å²) in [6, 6.07) is 2.08. The first kappa shape index (κ1) is 11.5. The standard InChI is InChI=1S/C12H17NO2S/c1-4-8(2)5-9-6-10-12(16-9)13(3)11(14)7-15-10/h6,8H,4-5,7H2,1-3H3. The molecule has 2 heterocycles. The van der Waals surface area contributed by atoms with Crippen LogP contribution in [0.1, 0.15) is 25.1 Å². The van der Waals surface area contributed by atoms with Gasteiger partial charge in [-0.1, -0.05) is 20.3 Å². The fourth-order valence-corrected chi connectivity index (χ4v) is 2.93. The van der Waals surface area contributed by atoms with Gasteiger partial charge < -0.3 is 9.64 Å². The summed E-state index contributed by atoms with van der Waals surface area (Å²) in [4.78, 5) is 14.5. The normalized spacial score (nSPS) is 16.9. The number of hydrogen-bond acceptors (Lipinski definition) is 3. The predicted octanol–water partition coefficient (Wildman–Crippen LogP) is 2.69. The molecule has 0 spiro atoms. The highest BCUT2D eigenvalue weighted by Crippen LogP contribution is 2.40. The summed E-state index contributed by atoms with van der Waals surface area (Å²) in [5, 5.41) is 0.953. The molecule has 1 atom stereocenters. The maximum absolute atomic E-state index is 11.5. The van der Waals surface area contributed by atoms with Gasteiger partial charge in [-0.05, 0) is 18.4 Å². The van der Waals surface area contributed by atoms with E-state index < -0.39 is 0 Å². The average molecular weight is 239 g/mol. The second kappa shape index (κ2) is 4.45. The zero-order valence-electron chi connectivity index (χ0n) is 9.95. The zero-order valence-corrected chi connectivity index (χ0v) is 10.8. The summed E-state index contributed by atoms with van der Waals surface area (Å²) in [5.41, 5.74) is 0. The third-order valence-corrected chi connectivity index (χ3v) is 4.22. The Morgan fingerprint density at radius 3 is 3.06 bits per heavy atom. The molecule has 1 aliphatic rings. The van der Waals surface area contributed by atoms with E-state index in [9.17, 15) is 4.79 Å². The smallest absolute Gasteiger partial charge is 0.265 e. The van der Waals surface area contributed by atoms with Gasteiger partial charge in [0.25, 0.3) is 5.91 Å². The summed E-state index contributed by atoms with van der Waals surface area (Å²) in [7, 11) is 1.81. The second-order valence-corrected chi connectivity index (χ2v) is 5.46. The summed E-state index contributed by atoms with van der Waals surface area (Å²) < 4.78 is 5.42. The van der Waals surface area contributed by atoms with Gasteiger partial charge in [-0.2, -0.15) is 0 Å². The first-order valence-electron chi connectivity index (χ1n) is 5.64. The van der Waals surface area contributed by atoms with Crippen LogP contribution in [0, 0.1) is 5.92 Å². The molecule has 0 N–H and O–H groups in total. The highest BCUT2D eigenvalue weighted by atomic mass is 32.1. The van der Waals surface area contributed by atoms with Gasteiger partial charge in [0.05, 0.1) is 0 Å². The molecule has 0 aromatic carbocycles. The average Bonchev–Trinajstić information content (AvgIpc) is 2.67. The van der Waals surface area contributed by atoms with Crippen molar-refractivity contribution in [2.24, 2.45) is 5.92 Å². The molecule has 1 aliphatic heterocycles. The molecule has 2 rings (SSSR count). The topological polar surface area (TPSA) is 29.5 Å². The lowest BCUT2D eigenvalue weighted by molar-refractivity contribution is -0.120. The molecule has 0 aliphatic carbocycles. The van der Waals surface area contributed by atoms with E-state index in [4.69, 9.17) is 4.74 Å². The van der Waals surface area contributed by atoms with Crippen molar-refractivity contribution in [1.29, 1.82) is 0 Å². The molecular weight excluding hydrogens is 222 g/mol. The van der Waals surface area contributed by atoms with E-state index in [0.717, 1.165) is 17.2 Å². The number of amides is 1. The van der Waals surface area contributed by atoms with Crippen LogP contribution in [0.5, 0.6) is 5.75 Å². The molecule has 1 aromatic rings. The van der Waals surface area contributed by atoms with E-state index in [1.54, 1.807) is 16.2 Å². The van der Waals surface area contributed by atoms with Crippen molar-refractivity contribution in [2.45, 2.75) is 26.7 Å². The number of likely N-dealkylation sites (N-methyl/N-ethyl adjacent to an activating group) is 1. The third-order valence-electron chi connectivity index (χ3n) is 3.01. The maximum Gasteiger partial charge on any atom is 0.265 e. The Labute approximate surface area is 100 Å². The van der Waals surface area contributed by atoms with E-state index in [2.05, 4.69) is 19.9 Å². The Bertz CT molecular complexity index is 400. The first-order chi connectivity index (χ1) is 7.61. The van der Waals surface area contributed by atoms with Crippen molar-refractivity contribution in [3.05, 3.63) is 10.9 Å². The monoisotopic (exact) mass is 239 g/mol. The van der Waals surface area contributed by atoms with Gasteiger partial charge in [0.1, 0.15) is 5.00 Å². The van der Waals surface area contributed by atoms with E-state index in [0.29, 0.717) is 5.92 Å². The van der Waals surface area contributed by atoms with Crippen LogP contribution in [-0.4, -0.2) is 19.6 Å². The predicted molar refractivity (Wildman–Crippen MR) is 66.4 cm³/mol. The molecule has 16 heavy (non-hydrogen) atoms. The Kier molecular flexibility index (Phi) is 3.19. The quantitative estimate of drug-likeness (QED) is 0.811.